The van der Waals surface area contributed by atoms with Crippen LogP contribution >= 0.6 is 0 Å². The monoisotopic (exact) mass is 378 g/mol. The molecule has 7 heteroatoms. The number of amides is 1. The van der Waals surface area contributed by atoms with Crippen LogP contribution in [0.1, 0.15) is 29.9 Å². The molecule has 0 radical (unpaired) electrons. The van der Waals surface area contributed by atoms with Gasteiger partial charge in [-0.15, -0.1) is 0 Å². The second-order valence-electron chi connectivity index (χ2n) is 5.83. The smallest absolute Gasteiger partial charge is 0.289 e. The van der Waals surface area contributed by atoms with E-state index in [1.807, 2.05) is 62.4 Å². The Hall–Kier alpha value is -3.61. The Bertz CT molecular complexity index is 948. The highest BCUT2D eigenvalue weighted by Crippen LogP contribution is 2.22. The number of aromatic amines is 1. The molecule has 0 bridgehead atoms. The van der Waals surface area contributed by atoms with Crippen LogP contribution in [0, 0.1) is 0 Å². The molecule has 28 heavy (non-hydrogen) atoms. The van der Waals surface area contributed by atoms with Crippen LogP contribution in [0.5, 0.6) is 11.5 Å². The molecule has 7 nitrogen and oxygen atoms in total. The Labute approximate surface area is 163 Å². The van der Waals surface area contributed by atoms with Gasteiger partial charge in [0.05, 0.1) is 25.1 Å². The van der Waals surface area contributed by atoms with Crippen molar-refractivity contribution in [1.29, 1.82) is 0 Å². The number of hydrogen-bond acceptors (Lipinski definition) is 5. The van der Waals surface area contributed by atoms with E-state index in [4.69, 9.17) is 9.47 Å². The van der Waals surface area contributed by atoms with Gasteiger partial charge < -0.3 is 9.47 Å². The van der Waals surface area contributed by atoms with E-state index in [9.17, 15) is 4.79 Å². The second-order valence-corrected chi connectivity index (χ2v) is 5.83. The number of aromatic nitrogens is 2. The molecular formula is C21H22N4O3. The number of nitrogens with one attached hydrogen (secondary N) is 2. The highest BCUT2D eigenvalue weighted by atomic mass is 16.5. The molecule has 1 heterocycles. The molecule has 0 aliphatic rings. The lowest BCUT2D eigenvalue weighted by atomic mass is 10.1. The molecule has 0 aliphatic carbocycles. The van der Waals surface area contributed by atoms with Crippen LogP contribution in [0.15, 0.2) is 59.7 Å². The molecule has 2 N–H and O–H groups in total. The molecule has 3 rings (SSSR count). The average molecular weight is 378 g/mol. The fourth-order valence-corrected chi connectivity index (χ4v) is 2.54. The summed E-state index contributed by atoms with van der Waals surface area (Å²) in [6.07, 6.45) is 1.57. The average Bonchev–Trinajstić information content (AvgIpc) is 3.20. The van der Waals surface area contributed by atoms with Crippen molar-refractivity contribution in [3.63, 3.8) is 0 Å². The number of carbonyl (C=O) groups excluding carboxylic acids is 1. The van der Waals surface area contributed by atoms with Crippen LogP contribution in [0.4, 0.5) is 0 Å². The third-order valence-electron chi connectivity index (χ3n) is 3.83. The molecule has 2 aromatic carbocycles. The Balaban J connectivity index is 1.61. The molecule has 3 aromatic rings. The van der Waals surface area contributed by atoms with Gasteiger partial charge in [-0.1, -0.05) is 12.1 Å². The number of hydrogen-bond donors (Lipinski definition) is 2. The summed E-state index contributed by atoms with van der Waals surface area (Å²) in [6.45, 7) is 5.06. The molecule has 0 saturated carbocycles. The lowest BCUT2D eigenvalue weighted by molar-refractivity contribution is 0.0950. The SMILES string of the molecule is CCOc1ccc(/C=N\NC(=O)c2cc(-c3cccc(OCC)c3)n[nH]2)cc1. The number of carbonyl (C=O) groups is 1. The first kappa shape index (κ1) is 19.2. The minimum Gasteiger partial charge on any atom is -0.494 e. The van der Waals surface area contributed by atoms with E-state index < -0.39 is 0 Å². The van der Waals surface area contributed by atoms with E-state index in [0.717, 1.165) is 22.6 Å². The molecular weight excluding hydrogens is 356 g/mol. The van der Waals surface area contributed by atoms with Crippen molar-refractivity contribution < 1.29 is 14.3 Å². The van der Waals surface area contributed by atoms with Crippen molar-refractivity contribution in [2.24, 2.45) is 5.10 Å². The van der Waals surface area contributed by atoms with Gasteiger partial charge in [-0.3, -0.25) is 9.89 Å². The fourth-order valence-electron chi connectivity index (χ4n) is 2.54. The zero-order valence-corrected chi connectivity index (χ0v) is 15.8. The molecule has 1 amide bonds. The number of nitrogens with zero attached hydrogens (tertiary/aromatic N) is 2. The van der Waals surface area contributed by atoms with Crippen LogP contribution in [-0.2, 0) is 0 Å². The van der Waals surface area contributed by atoms with Gasteiger partial charge in [0.2, 0.25) is 0 Å². The van der Waals surface area contributed by atoms with Gasteiger partial charge in [0.25, 0.3) is 5.91 Å². The maximum absolute atomic E-state index is 12.2. The summed E-state index contributed by atoms with van der Waals surface area (Å²) in [5.74, 6) is 1.18. The van der Waals surface area contributed by atoms with Gasteiger partial charge in [0, 0.05) is 5.56 Å². The van der Waals surface area contributed by atoms with E-state index in [1.165, 1.54) is 0 Å². The number of ether oxygens (including phenoxy) is 2. The predicted octanol–water partition coefficient (Wildman–Crippen LogP) is 3.64. The third kappa shape index (κ3) is 4.97. The summed E-state index contributed by atoms with van der Waals surface area (Å²) >= 11 is 0. The van der Waals surface area contributed by atoms with Gasteiger partial charge in [-0.25, -0.2) is 5.43 Å². The number of rotatable bonds is 8. The predicted molar refractivity (Wildman–Crippen MR) is 108 cm³/mol. The summed E-state index contributed by atoms with van der Waals surface area (Å²) in [5, 5.41) is 10.9. The van der Waals surface area contributed by atoms with Crippen LogP contribution in [-0.4, -0.2) is 35.5 Å². The van der Waals surface area contributed by atoms with Gasteiger partial charge in [0.1, 0.15) is 17.2 Å². The van der Waals surface area contributed by atoms with Gasteiger partial charge in [-0.05, 0) is 61.9 Å². The lowest BCUT2D eigenvalue weighted by Gasteiger charge is -2.03. The van der Waals surface area contributed by atoms with Crippen LogP contribution in [0.3, 0.4) is 0 Å². The van der Waals surface area contributed by atoms with Gasteiger partial charge in [0.15, 0.2) is 0 Å². The van der Waals surface area contributed by atoms with Crippen molar-refractivity contribution in [2.45, 2.75) is 13.8 Å². The van der Waals surface area contributed by atoms with Crippen molar-refractivity contribution in [3.8, 4) is 22.8 Å². The Kier molecular flexibility index (Phi) is 6.41. The summed E-state index contributed by atoms with van der Waals surface area (Å²) in [4.78, 5) is 12.2. The molecule has 0 saturated heterocycles. The molecule has 1 aromatic heterocycles. The maximum atomic E-state index is 12.2. The zero-order valence-electron chi connectivity index (χ0n) is 15.8. The van der Waals surface area contributed by atoms with E-state index >= 15 is 0 Å². The maximum Gasteiger partial charge on any atom is 0.289 e. The van der Waals surface area contributed by atoms with Crippen molar-refractivity contribution >= 4 is 12.1 Å². The number of hydrazone groups is 1. The van der Waals surface area contributed by atoms with Crippen molar-refractivity contribution in [2.75, 3.05) is 13.2 Å². The third-order valence-corrected chi connectivity index (χ3v) is 3.83. The lowest BCUT2D eigenvalue weighted by Crippen LogP contribution is -2.17. The van der Waals surface area contributed by atoms with Crippen molar-refractivity contribution in [1.82, 2.24) is 15.6 Å². The first-order chi connectivity index (χ1) is 13.7. The zero-order chi connectivity index (χ0) is 19.8. The molecule has 144 valence electrons. The standard InChI is InChI=1S/C21H22N4O3/c1-3-27-17-10-8-15(9-11-17)14-22-25-21(26)20-13-19(23-24-20)16-6-5-7-18(12-16)28-4-2/h5-14H,3-4H2,1-2H3,(H,23,24)(H,25,26)/b22-14-. The van der Waals surface area contributed by atoms with Crippen molar-refractivity contribution in [3.05, 3.63) is 65.9 Å². The number of H-pyrrole nitrogens is 1. The Morgan fingerprint density at radius 3 is 2.57 bits per heavy atom. The Morgan fingerprint density at radius 2 is 1.82 bits per heavy atom. The van der Waals surface area contributed by atoms with E-state index in [0.29, 0.717) is 24.6 Å². The van der Waals surface area contributed by atoms with Gasteiger partial charge >= 0.3 is 0 Å². The minimum atomic E-state index is -0.373. The van der Waals surface area contributed by atoms with E-state index in [1.54, 1.807) is 12.3 Å². The normalized spacial score (nSPS) is 10.8. The first-order valence-corrected chi connectivity index (χ1v) is 9.04. The summed E-state index contributed by atoms with van der Waals surface area (Å²) in [7, 11) is 0. The molecule has 0 atom stereocenters. The summed E-state index contributed by atoms with van der Waals surface area (Å²) in [5.41, 5.74) is 5.17. The first-order valence-electron chi connectivity index (χ1n) is 9.04. The van der Waals surface area contributed by atoms with E-state index in [-0.39, 0.29) is 5.91 Å². The van der Waals surface area contributed by atoms with E-state index in [2.05, 4.69) is 20.7 Å². The van der Waals surface area contributed by atoms with Crippen LogP contribution < -0.4 is 14.9 Å². The summed E-state index contributed by atoms with van der Waals surface area (Å²) < 4.78 is 10.9. The van der Waals surface area contributed by atoms with Crippen LogP contribution in [0.2, 0.25) is 0 Å². The Morgan fingerprint density at radius 1 is 1.07 bits per heavy atom. The largest absolute Gasteiger partial charge is 0.494 e. The number of benzene rings is 2. The fraction of sp³-hybridized carbons (Fsp3) is 0.190. The molecule has 0 fully saturated rings. The topological polar surface area (TPSA) is 88.6 Å². The van der Waals surface area contributed by atoms with Crippen LogP contribution in [0.25, 0.3) is 11.3 Å². The molecule has 0 unspecified atom stereocenters. The quantitative estimate of drug-likeness (QED) is 0.463. The minimum absolute atomic E-state index is 0.320. The summed E-state index contributed by atoms with van der Waals surface area (Å²) in [6, 6.07) is 16.6. The molecule has 0 aliphatic heterocycles. The van der Waals surface area contributed by atoms with Gasteiger partial charge in [-0.2, -0.15) is 10.2 Å². The second kappa shape index (κ2) is 9.36. The molecule has 0 spiro atoms. The highest BCUT2D eigenvalue weighted by molar-refractivity contribution is 5.94. The highest BCUT2D eigenvalue weighted by Gasteiger charge is 2.11.